The zero-order chi connectivity index (χ0) is 18.0. The van der Waals surface area contributed by atoms with Gasteiger partial charge in [-0.3, -0.25) is 4.79 Å². The van der Waals surface area contributed by atoms with Crippen molar-refractivity contribution >= 4 is 11.9 Å². The van der Waals surface area contributed by atoms with Crippen molar-refractivity contribution in [2.45, 2.75) is 19.1 Å². The Labute approximate surface area is 144 Å². The summed E-state index contributed by atoms with van der Waals surface area (Å²) in [5.74, 6) is -1.65. The summed E-state index contributed by atoms with van der Waals surface area (Å²) >= 11 is 0. The van der Waals surface area contributed by atoms with Crippen LogP contribution < -0.4 is 0 Å². The van der Waals surface area contributed by atoms with E-state index >= 15 is 0 Å². The molecule has 0 spiro atoms. The number of carbonyl (C=O) groups is 2. The minimum absolute atomic E-state index is 0.0715. The van der Waals surface area contributed by atoms with Crippen LogP contribution in [0.1, 0.15) is 39.3 Å². The molecule has 0 aliphatic carbocycles. The third-order valence-electron chi connectivity index (χ3n) is 4.15. The Kier molecular flexibility index (Phi) is 4.81. The van der Waals surface area contributed by atoms with Crippen molar-refractivity contribution in [1.29, 1.82) is 0 Å². The highest BCUT2D eigenvalue weighted by molar-refractivity contribution is 5.97. The standard InChI is InChI=1S/C19H18FNO4/c1-12-10-21(11-17(25-12)13-5-7-16(20)8-6-13)18(22)14-3-2-4-15(9-14)19(23)24/h2-9,12,17H,10-11H2,1H3,(H,23,24). The lowest BCUT2D eigenvalue weighted by molar-refractivity contribution is -0.0692. The van der Waals surface area contributed by atoms with Crippen LogP contribution in [0.15, 0.2) is 48.5 Å². The van der Waals surface area contributed by atoms with Crippen LogP contribution in [0, 0.1) is 5.82 Å². The Bertz CT molecular complexity index is 790. The predicted molar refractivity (Wildman–Crippen MR) is 89.0 cm³/mol. The van der Waals surface area contributed by atoms with Crippen molar-refractivity contribution in [2.24, 2.45) is 0 Å². The van der Waals surface area contributed by atoms with Gasteiger partial charge in [0.25, 0.3) is 5.91 Å². The predicted octanol–water partition coefficient (Wildman–Crippen LogP) is 3.13. The van der Waals surface area contributed by atoms with Crippen molar-refractivity contribution in [1.82, 2.24) is 4.90 Å². The first-order chi connectivity index (χ1) is 11.9. The van der Waals surface area contributed by atoms with Crippen molar-refractivity contribution in [3.63, 3.8) is 0 Å². The van der Waals surface area contributed by atoms with Crippen LogP contribution in [0.3, 0.4) is 0 Å². The van der Waals surface area contributed by atoms with Crippen LogP contribution >= 0.6 is 0 Å². The van der Waals surface area contributed by atoms with E-state index in [-0.39, 0.29) is 29.5 Å². The number of rotatable bonds is 3. The zero-order valence-corrected chi connectivity index (χ0v) is 13.7. The molecule has 1 saturated heterocycles. The van der Waals surface area contributed by atoms with E-state index in [1.807, 2.05) is 6.92 Å². The first-order valence-corrected chi connectivity index (χ1v) is 7.97. The Balaban J connectivity index is 1.81. The molecule has 0 aromatic heterocycles. The van der Waals surface area contributed by atoms with E-state index < -0.39 is 5.97 Å². The number of carboxylic acid groups (broad SMARTS) is 1. The van der Waals surface area contributed by atoms with Crippen molar-refractivity contribution in [2.75, 3.05) is 13.1 Å². The molecule has 1 N–H and O–H groups in total. The number of amides is 1. The molecule has 0 radical (unpaired) electrons. The number of ether oxygens (including phenoxy) is 1. The van der Waals surface area contributed by atoms with Crippen LogP contribution in [0.5, 0.6) is 0 Å². The second kappa shape index (κ2) is 7.03. The molecule has 3 rings (SSSR count). The summed E-state index contributed by atoms with van der Waals surface area (Å²) in [6.45, 7) is 2.60. The topological polar surface area (TPSA) is 66.8 Å². The number of nitrogens with zero attached hydrogens (tertiary/aromatic N) is 1. The second-order valence-corrected chi connectivity index (χ2v) is 6.08. The van der Waals surface area contributed by atoms with E-state index in [1.165, 1.54) is 24.3 Å². The normalized spacial score (nSPS) is 20.3. The minimum Gasteiger partial charge on any atom is -0.478 e. The van der Waals surface area contributed by atoms with Gasteiger partial charge in [-0.2, -0.15) is 0 Å². The fourth-order valence-electron chi connectivity index (χ4n) is 2.95. The van der Waals surface area contributed by atoms with E-state index in [1.54, 1.807) is 29.2 Å². The van der Waals surface area contributed by atoms with Gasteiger partial charge in [-0.15, -0.1) is 0 Å². The summed E-state index contributed by atoms with van der Waals surface area (Å²) in [6, 6.07) is 12.0. The average Bonchev–Trinajstić information content (AvgIpc) is 2.61. The Morgan fingerprint density at radius 2 is 1.80 bits per heavy atom. The first kappa shape index (κ1) is 17.1. The fraction of sp³-hybridized carbons (Fsp3) is 0.263. The molecule has 2 aromatic carbocycles. The summed E-state index contributed by atoms with van der Waals surface area (Å²) in [4.78, 5) is 25.5. The largest absolute Gasteiger partial charge is 0.478 e. The number of carbonyl (C=O) groups excluding carboxylic acids is 1. The van der Waals surface area contributed by atoms with Crippen LogP contribution in [0.4, 0.5) is 4.39 Å². The molecule has 1 fully saturated rings. The smallest absolute Gasteiger partial charge is 0.335 e. The lowest BCUT2D eigenvalue weighted by Gasteiger charge is -2.37. The van der Waals surface area contributed by atoms with Gasteiger partial charge >= 0.3 is 5.97 Å². The molecule has 2 aromatic rings. The molecule has 25 heavy (non-hydrogen) atoms. The van der Waals surface area contributed by atoms with Gasteiger partial charge in [0, 0.05) is 12.1 Å². The number of aromatic carboxylic acids is 1. The molecule has 2 unspecified atom stereocenters. The highest BCUT2D eigenvalue weighted by atomic mass is 19.1. The summed E-state index contributed by atoms with van der Waals surface area (Å²) in [7, 11) is 0. The lowest BCUT2D eigenvalue weighted by atomic mass is 10.0. The third kappa shape index (κ3) is 3.85. The van der Waals surface area contributed by atoms with Crippen LogP contribution in [0.25, 0.3) is 0 Å². The molecule has 2 atom stereocenters. The molecular weight excluding hydrogens is 325 g/mol. The summed E-state index contributed by atoms with van der Waals surface area (Å²) in [6.07, 6.45) is -0.536. The maximum Gasteiger partial charge on any atom is 0.335 e. The monoisotopic (exact) mass is 343 g/mol. The Morgan fingerprint density at radius 3 is 2.48 bits per heavy atom. The molecule has 0 bridgehead atoms. The van der Waals surface area contributed by atoms with Crippen molar-refractivity contribution in [3.05, 3.63) is 71.0 Å². The molecule has 0 saturated carbocycles. The van der Waals surface area contributed by atoms with E-state index in [2.05, 4.69) is 0 Å². The van der Waals surface area contributed by atoms with E-state index in [9.17, 15) is 14.0 Å². The Hall–Kier alpha value is -2.73. The third-order valence-corrected chi connectivity index (χ3v) is 4.15. The van der Waals surface area contributed by atoms with Gasteiger partial charge in [0.2, 0.25) is 0 Å². The van der Waals surface area contributed by atoms with Crippen LogP contribution in [-0.2, 0) is 4.74 Å². The first-order valence-electron chi connectivity index (χ1n) is 7.97. The molecule has 5 nitrogen and oxygen atoms in total. The van der Waals surface area contributed by atoms with Crippen LogP contribution in [-0.4, -0.2) is 41.1 Å². The quantitative estimate of drug-likeness (QED) is 0.930. The molecule has 1 amide bonds. The number of halogens is 1. The number of morpholine rings is 1. The molecule has 130 valence electrons. The van der Waals surface area contributed by atoms with Crippen molar-refractivity contribution in [3.8, 4) is 0 Å². The fourth-order valence-corrected chi connectivity index (χ4v) is 2.95. The summed E-state index contributed by atoms with van der Waals surface area (Å²) in [5, 5.41) is 9.08. The molecule has 1 heterocycles. The maximum atomic E-state index is 13.1. The van der Waals surface area contributed by atoms with Gasteiger partial charge in [-0.05, 0) is 42.8 Å². The SMILES string of the molecule is CC1CN(C(=O)c2cccc(C(=O)O)c2)CC(c2ccc(F)cc2)O1. The van der Waals surface area contributed by atoms with Gasteiger partial charge < -0.3 is 14.7 Å². The zero-order valence-electron chi connectivity index (χ0n) is 13.7. The van der Waals surface area contributed by atoms with Gasteiger partial charge in [-0.1, -0.05) is 18.2 Å². The van der Waals surface area contributed by atoms with Gasteiger partial charge in [-0.25, -0.2) is 9.18 Å². The van der Waals surface area contributed by atoms with E-state index in [0.717, 1.165) is 5.56 Å². The van der Waals surface area contributed by atoms with E-state index in [4.69, 9.17) is 9.84 Å². The van der Waals surface area contributed by atoms with Crippen LogP contribution in [0.2, 0.25) is 0 Å². The molecule has 1 aliphatic rings. The molecule has 6 heteroatoms. The van der Waals surface area contributed by atoms with Gasteiger partial charge in [0.05, 0.1) is 18.2 Å². The number of carboxylic acids is 1. The van der Waals surface area contributed by atoms with Gasteiger partial charge in [0.15, 0.2) is 0 Å². The maximum absolute atomic E-state index is 13.1. The van der Waals surface area contributed by atoms with E-state index in [0.29, 0.717) is 18.7 Å². The molecule has 1 aliphatic heterocycles. The highest BCUT2D eigenvalue weighted by Gasteiger charge is 2.30. The van der Waals surface area contributed by atoms with Gasteiger partial charge in [0.1, 0.15) is 11.9 Å². The Morgan fingerprint density at radius 1 is 1.12 bits per heavy atom. The number of hydrogen-bond acceptors (Lipinski definition) is 3. The number of benzene rings is 2. The summed E-state index contributed by atoms with van der Waals surface area (Å²) in [5.41, 5.74) is 1.19. The summed E-state index contributed by atoms with van der Waals surface area (Å²) < 4.78 is 19.0. The number of hydrogen-bond donors (Lipinski definition) is 1. The molecular formula is C19H18FNO4. The highest BCUT2D eigenvalue weighted by Crippen LogP contribution is 2.26. The minimum atomic E-state index is -1.07. The lowest BCUT2D eigenvalue weighted by Crippen LogP contribution is -2.46. The van der Waals surface area contributed by atoms with Crippen molar-refractivity contribution < 1.29 is 23.8 Å². The second-order valence-electron chi connectivity index (χ2n) is 6.08. The average molecular weight is 343 g/mol.